The number of aromatic nitrogens is 3. The molecule has 0 aliphatic heterocycles. The molecule has 2 aromatic heterocycles. The quantitative estimate of drug-likeness (QED) is 0.873. The summed E-state index contributed by atoms with van der Waals surface area (Å²) in [5, 5.41) is 3.54. The topological polar surface area (TPSA) is 42.7 Å². The van der Waals surface area contributed by atoms with Crippen LogP contribution in [0.3, 0.4) is 0 Å². The molecule has 0 saturated heterocycles. The smallest absolute Gasteiger partial charge is 0.142 e. The molecule has 1 aliphatic carbocycles. The fourth-order valence-corrected chi connectivity index (χ4v) is 2.12. The minimum absolute atomic E-state index is 0.714. The largest absolute Gasteiger partial charge is 0.310 e. The highest BCUT2D eigenvalue weighted by Crippen LogP contribution is 2.20. The molecule has 2 aromatic rings. The number of rotatable bonds is 5. The van der Waals surface area contributed by atoms with Crippen molar-refractivity contribution in [1.29, 1.82) is 0 Å². The number of hydrogen-bond donors (Lipinski definition) is 1. The molecule has 4 nitrogen and oxygen atoms in total. The lowest BCUT2D eigenvalue weighted by Crippen LogP contribution is -2.17. The van der Waals surface area contributed by atoms with Gasteiger partial charge in [0.05, 0.1) is 0 Å². The molecule has 18 heavy (non-hydrogen) atoms. The van der Waals surface area contributed by atoms with Gasteiger partial charge < -0.3 is 5.32 Å². The third-order valence-electron chi connectivity index (χ3n) is 3.29. The van der Waals surface area contributed by atoms with Gasteiger partial charge in [0, 0.05) is 43.2 Å². The fourth-order valence-electron chi connectivity index (χ4n) is 2.12. The van der Waals surface area contributed by atoms with Gasteiger partial charge >= 0.3 is 0 Å². The van der Waals surface area contributed by atoms with Crippen molar-refractivity contribution in [2.75, 3.05) is 0 Å². The van der Waals surface area contributed by atoms with Gasteiger partial charge in [0.1, 0.15) is 11.6 Å². The number of pyridine rings is 1. The standard InChI is InChI=1S/C14H18N4/c1-2-13-15-8-9-18(13)14-11(4-3-7-16-14)10-17-12-5-6-12/h3-4,7-9,12,17H,2,5-6,10H2,1H3. The molecule has 1 aliphatic rings. The summed E-state index contributed by atoms with van der Waals surface area (Å²) < 4.78 is 2.09. The Morgan fingerprint density at radius 1 is 1.33 bits per heavy atom. The third-order valence-corrected chi connectivity index (χ3v) is 3.29. The van der Waals surface area contributed by atoms with Gasteiger partial charge in [-0.15, -0.1) is 0 Å². The van der Waals surface area contributed by atoms with Gasteiger partial charge in [-0.05, 0) is 18.9 Å². The van der Waals surface area contributed by atoms with Crippen LogP contribution in [0.5, 0.6) is 0 Å². The Labute approximate surface area is 107 Å². The lowest BCUT2D eigenvalue weighted by Gasteiger charge is -2.11. The predicted molar refractivity (Wildman–Crippen MR) is 70.6 cm³/mol. The van der Waals surface area contributed by atoms with E-state index in [0.717, 1.165) is 24.6 Å². The van der Waals surface area contributed by atoms with E-state index in [4.69, 9.17) is 0 Å². The van der Waals surface area contributed by atoms with Crippen LogP contribution < -0.4 is 5.32 Å². The summed E-state index contributed by atoms with van der Waals surface area (Å²) in [6.07, 6.45) is 9.20. The first kappa shape index (κ1) is 11.4. The van der Waals surface area contributed by atoms with Gasteiger partial charge in [0.25, 0.3) is 0 Å². The molecule has 0 aromatic carbocycles. The number of nitrogens with zero attached hydrogens (tertiary/aromatic N) is 3. The molecular weight excluding hydrogens is 224 g/mol. The maximum absolute atomic E-state index is 4.51. The summed E-state index contributed by atoms with van der Waals surface area (Å²) in [6.45, 7) is 3.00. The summed E-state index contributed by atoms with van der Waals surface area (Å²) in [4.78, 5) is 8.87. The normalized spacial score (nSPS) is 14.9. The molecule has 0 unspecified atom stereocenters. The van der Waals surface area contributed by atoms with Crippen molar-refractivity contribution in [2.24, 2.45) is 0 Å². The second-order valence-electron chi connectivity index (χ2n) is 4.71. The van der Waals surface area contributed by atoms with E-state index in [-0.39, 0.29) is 0 Å². The average Bonchev–Trinajstić information content (AvgIpc) is 3.12. The minimum atomic E-state index is 0.714. The van der Waals surface area contributed by atoms with E-state index in [0.29, 0.717) is 6.04 Å². The summed E-state index contributed by atoms with van der Waals surface area (Å²) in [5.41, 5.74) is 1.23. The first-order valence-electron chi connectivity index (χ1n) is 6.58. The summed E-state index contributed by atoms with van der Waals surface area (Å²) in [6, 6.07) is 4.85. The van der Waals surface area contributed by atoms with Crippen molar-refractivity contribution in [3.63, 3.8) is 0 Å². The molecule has 2 heterocycles. The number of nitrogens with one attached hydrogen (secondary N) is 1. The van der Waals surface area contributed by atoms with Gasteiger partial charge in [0.15, 0.2) is 0 Å². The van der Waals surface area contributed by atoms with Crippen LogP contribution in [0.4, 0.5) is 0 Å². The van der Waals surface area contributed by atoms with Crippen molar-refractivity contribution >= 4 is 0 Å². The Hall–Kier alpha value is -1.68. The molecule has 4 heteroatoms. The van der Waals surface area contributed by atoms with Crippen LogP contribution in [0.25, 0.3) is 5.82 Å². The van der Waals surface area contributed by atoms with Crippen LogP contribution in [0, 0.1) is 0 Å². The maximum atomic E-state index is 4.51. The van der Waals surface area contributed by atoms with Gasteiger partial charge in [0.2, 0.25) is 0 Å². The lowest BCUT2D eigenvalue weighted by atomic mass is 10.2. The number of hydrogen-bond acceptors (Lipinski definition) is 3. The zero-order chi connectivity index (χ0) is 12.4. The van der Waals surface area contributed by atoms with E-state index in [1.54, 1.807) is 0 Å². The molecule has 1 saturated carbocycles. The van der Waals surface area contributed by atoms with E-state index in [1.165, 1.54) is 18.4 Å². The second-order valence-corrected chi connectivity index (χ2v) is 4.71. The zero-order valence-electron chi connectivity index (χ0n) is 10.6. The van der Waals surface area contributed by atoms with Gasteiger partial charge in [-0.2, -0.15) is 0 Å². The SMILES string of the molecule is CCc1nccn1-c1ncccc1CNC1CC1. The summed E-state index contributed by atoms with van der Waals surface area (Å²) in [7, 11) is 0. The van der Waals surface area contributed by atoms with Crippen LogP contribution in [0.15, 0.2) is 30.7 Å². The molecule has 0 amide bonds. The molecule has 1 N–H and O–H groups in total. The Bertz CT molecular complexity index is 528. The monoisotopic (exact) mass is 242 g/mol. The molecule has 0 spiro atoms. The van der Waals surface area contributed by atoms with Gasteiger partial charge in [-0.25, -0.2) is 9.97 Å². The van der Waals surface area contributed by atoms with Crippen molar-refractivity contribution in [2.45, 2.75) is 38.8 Å². The van der Waals surface area contributed by atoms with E-state index in [2.05, 4.69) is 32.8 Å². The Balaban J connectivity index is 1.89. The molecule has 3 rings (SSSR count). The van der Waals surface area contributed by atoms with E-state index < -0.39 is 0 Å². The van der Waals surface area contributed by atoms with Crippen molar-refractivity contribution in [1.82, 2.24) is 19.9 Å². The van der Waals surface area contributed by atoms with Crippen LogP contribution in [-0.2, 0) is 13.0 Å². The lowest BCUT2D eigenvalue weighted by molar-refractivity contribution is 0.679. The molecule has 1 fully saturated rings. The summed E-state index contributed by atoms with van der Waals surface area (Å²) in [5.74, 6) is 2.06. The van der Waals surface area contributed by atoms with Crippen molar-refractivity contribution < 1.29 is 0 Å². The van der Waals surface area contributed by atoms with Crippen LogP contribution in [-0.4, -0.2) is 20.6 Å². The first-order chi connectivity index (χ1) is 8.88. The fraction of sp³-hybridized carbons (Fsp3) is 0.429. The molecule has 0 radical (unpaired) electrons. The highest BCUT2D eigenvalue weighted by atomic mass is 15.1. The van der Waals surface area contributed by atoms with Gasteiger partial charge in [-0.3, -0.25) is 4.57 Å². The van der Waals surface area contributed by atoms with E-state index in [9.17, 15) is 0 Å². The number of aryl methyl sites for hydroxylation is 1. The highest BCUT2D eigenvalue weighted by Gasteiger charge is 2.20. The van der Waals surface area contributed by atoms with Gasteiger partial charge in [-0.1, -0.05) is 13.0 Å². The van der Waals surface area contributed by atoms with E-state index in [1.807, 2.05) is 24.7 Å². The molecule has 0 atom stereocenters. The maximum Gasteiger partial charge on any atom is 0.142 e. The zero-order valence-corrected chi connectivity index (χ0v) is 10.6. The van der Waals surface area contributed by atoms with E-state index >= 15 is 0 Å². The Morgan fingerprint density at radius 2 is 2.22 bits per heavy atom. The average molecular weight is 242 g/mol. The first-order valence-corrected chi connectivity index (χ1v) is 6.58. The third kappa shape index (κ3) is 2.29. The van der Waals surface area contributed by atoms with Crippen molar-refractivity contribution in [3.8, 4) is 5.82 Å². The Morgan fingerprint density at radius 3 is 3.00 bits per heavy atom. The Kier molecular flexibility index (Phi) is 3.11. The highest BCUT2D eigenvalue weighted by molar-refractivity contribution is 5.35. The summed E-state index contributed by atoms with van der Waals surface area (Å²) >= 11 is 0. The van der Waals surface area contributed by atoms with Crippen molar-refractivity contribution in [3.05, 3.63) is 42.1 Å². The van der Waals surface area contributed by atoms with Crippen LogP contribution >= 0.6 is 0 Å². The minimum Gasteiger partial charge on any atom is -0.310 e. The predicted octanol–water partition coefficient (Wildman–Crippen LogP) is 2.08. The molecule has 0 bridgehead atoms. The van der Waals surface area contributed by atoms with Crippen LogP contribution in [0.2, 0.25) is 0 Å². The number of imidazole rings is 1. The second kappa shape index (κ2) is 4.90. The molecular formula is C14H18N4. The van der Waals surface area contributed by atoms with Crippen LogP contribution in [0.1, 0.15) is 31.2 Å². The molecule has 94 valence electrons.